The minimum absolute atomic E-state index is 0.0529. The number of carboxylic acids is 1. The average molecular weight is 384 g/mol. The zero-order chi connectivity index (χ0) is 16.8. The molecule has 0 saturated heterocycles. The van der Waals surface area contributed by atoms with Gasteiger partial charge >= 0.3 is 5.97 Å². The lowest BCUT2D eigenvalue weighted by Gasteiger charge is -2.15. The molecule has 0 aliphatic carbocycles. The minimum Gasteiger partial charge on any atom is -0.476 e. The van der Waals surface area contributed by atoms with Crippen LogP contribution in [0.1, 0.15) is 16.1 Å². The number of anilines is 1. The number of aliphatic hydroxyl groups excluding tert-OH is 1. The number of aromatic carboxylic acids is 1. The zero-order valence-electron chi connectivity index (χ0n) is 12.0. The SMILES string of the molecule is O=C(O)c1cnc(NCC(CO)Cc2ccc(F)c(Br)c2)cn1. The number of aromatic nitrogens is 2. The molecular formula is C15H15BrFN3O3. The highest BCUT2D eigenvalue weighted by atomic mass is 79.9. The number of hydrogen-bond acceptors (Lipinski definition) is 5. The van der Waals surface area contributed by atoms with E-state index in [1.165, 1.54) is 12.3 Å². The predicted octanol–water partition coefficient (Wildman–Crippen LogP) is 2.34. The van der Waals surface area contributed by atoms with Crippen molar-refractivity contribution in [2.24, 2.45) is 5.92 Å². The van der Waals surface area contributed by atoms with E-state index in [0.29, 0.717) is 23.3 Å². The van der Waals surface area contributed by atoms with Gasteiger partial charge in [0.2, 0.25) is 0 Å². The van der Waals surface area contributed by atoms with Crippen LogP contribution in [0, 0.1) is 11.7 Å². The van der Waals surface area contributed by atoms with Crippen molar-refractivity contribution in [3.05, 3.63) is 52.1 Å². The highest BCUT2D eigenvalue weighted by Gasteiger charge is 2.11. The van der Waals surface area contributed by atoms with Gasteiger partial charge in [0.05, 0.1) is 16.9 Å². The van der Waals surface area contributed by atoms with Crippen molar-refractivity contribution < 1.29 is 19.4 Å². The van der Waals surface area contributed by atoms with Crippen molar-refractivity contribution in [3.8, 4) is 0 Å². The summed E-state index contributed by atoms with van der Waals surface area (Å²) in [6, 6.07) is 4.72. The number of nitrogens with zero attached hydrogens (tertiary/aromatic N) is 2. The molecule has 23 heavy (non-hydrogen) atoms. The Kier molecular flexibility index (Phi) is 6.00. The van der Waals surface area contributed by atoms with E-state index in [-0.39, 0.29) is 24.0 Å². The Morgan fingerprint density at radius 1 is 1.35 bits per heavy atom. The Balaban J connectivity index is 1.93. The van der Waals surface area contributed by atoms with Gasteiger partial charge in [-0.05, 0) is 40.0 Å². The molecule has 1 heterocycles. The number of aliphatic hydroxyl groups is 1. The summed E-state index contributed by atoms with van der Waals surface area (Å²) in [7, 11) is 0. The van der Waals surface area contributed by atoms with Crippen molar-refractivity contribution in [1.29, 1.82) is 0 Å². The van der Waals surface area contributed by atoms with Crippen LogP contribution in [-0.4, -0.2) is 39.3 Å². The van der Waals surface area contributed by atoms with Gasteiger partial charge in [0.15, 0.2) is 5.69 Å². The lowest BCUT2D eigenvalue weighted by atomic mass is 10.00. The molecule has 0 saturated carbocycles. The molecule has 0 radical (unpaired) electrons. The van der Waals surface area contributed by atoms with Crippen molar-refractivity contribution >= 4 is 27.7 Å². The van der Waals surface area contributed by atoms with E-state index in [1.54, 1.807) is 12.1 Å². The van der Waals surface area contributed by atoms with Gasteiger partial charge in [-0.3, -0.25) is 0 Å². The van der Waals surface area contributed by atoms with Crippen LogP contribution in [0.3, 0.4) is 0 Å². The smallest absolute Gasteiger partial charge is 0.356 e. The van der Waals surface area contributed by atoms with Gasteiger partial charge in [-0.1, -0.05) is 6.07 Å². The lowest BCUT2D eigenvalue weighted by molar-refractivity contribution is 0.0690. The van der Waals surface area contributed by atoms with Crippen LogP contribution in [0.15, 0.2) is 35.1 Å². The number of nitrogens with one attached hydrogen (secondary N) is 1. The second-order valence-electron chi connectivity index (χ2n) is 4.97. The van der Waals surface area contributed by atoms with E-state index in [4.69, 9.17) is 5.11 Å². The quantitative estimate of drug-likeness (QED) is 0.679. The molecule has 0 aliphatic heterocycles. The summed E-state index contributed by atoms with van der Waals surface area (Å²) in [5.41, 5.74) is 0.761. The summed E-state index contributed by atoms with van der Waals surface area (Å²) in [6.45, 7) is 0.370. The van der Waals surface area contributed by atoms with Gasteiger partial charge in [0, 0.05) is 19.1 Å². The van der Waals surface area contributed by atoms with Gasteiger partial charge < -0.3 is 15.5 Å². The number of rotatable bonds is 7. The first-order valence-electron chi connectivity index (χ1n) is 6.83. The van der Waals surface area contributed by atoms with Gasteiger partial charge in [0.1, 0.15) is 11.6 Å². The Labute approximate surface area is 140 Å². The fraction of sp³-hybridized carbons (Fsp3) is 0.267. The van der Waals surface area contributed by atoms with E-state index in [2.05, 4.69) is 31.2 Å². The zero-order valence-corrected chi connectivity index (χ0v) is 13.6. The summed E-state index contributed by atoms with van der Waals surface area (Å²) in [5.74, 6) is -1.15. The topological polar surface area (TPSA) is 95.3 Å². The Morgan fingerprint density at radius 3 is 2.70 bits per heavy atom. The maximum Gasteiger partial charge on any atom is 0.356 e. The molecule has 8 heteroatoms. The minimum atomic E-state index is -1.14. The van der Waals surface area contributed by atoms with Crippen molar-refractivity contribution in [2.75, 3.05) is 18.5 Å². The fourth-order valence-electron chi connectivity index (χ4n) is 1.98. The van der Waals surface area contributed by atoms with Gasteiger partial charge in [0.25, 0.3) is 0 Å². The van der Waals surface area contributed by atoms with Crippen molar-refractivity contribution in [1.82, 2.24) is 9.97 Å². The second kappa shape index (κ2) is 7.98. The highest BCUT2D eigenvalue weighted by Crippen LogP contribution is 2.19. The lowest BCUT2D eigenvalue weighted by Crippen LogP contribution is -2.21. The van der Waals surface area contributed by atoms with E-state index in [9.17, 15) is 14.3 Å². The number of carbonyl (C=O) groups is 1. The standard InChI is InChI=1S/C15H15BrFN3O3/c16-11-4-9(1-2-12(11)17)3-10(8-21)5-19-14-7-18-13(6-20-14)15(22)23/h1-2,4,6-7,10,21H,3,5,8H2,(H,19,20)(H,22,23). The van der Waals surface area contributed by atoms with E-state index < -0.39 is 5.97 Å². The predicted molar refractivity (Wildman–Crippen MR) is 85.9 cm³/mol. The molecule has 1 aromatic heterocycles. The summed E-state index contributed by atoms with van der Waals surface area (Å²) in [5, 5.41) is 21.2. The third kappa shape index (κ3) is 4.97. The van der Waals surface area contributed by atoms with Gasteiger partial charge in [-0.25, -0.2) is 19.2 Å². The maximum atomic E-state index is 13.2. The van der Waals surface area contributed by atoms with Crippen LogP contribution < -0.4 is 5.32 Å². The molecule has 2 rings (SSSR count). The summed E-state index contributed by atoms with van der Waals surface area (Å²) < 4.78 is 13.6. The molecule has 1 aromatic carbocycles. The van der Waals surface area contributed by atoms with Crippen molar-refractivity contribution in [2.45, 2.75) is 6.42 Å². The molecular weight excluding hydrogens is 369 g/mol. The van der Waals surface area contributed by atoms with Crippen LogP contribution in [0.4, 0.5) is 10.2 Å². The highest BCUT2D eigenvalue weighted by molar-refractivity contribution is 9.10. The molecule has 0 aliphatic rings. The normalized spacial score (nSPS) is 12.0. The molecule has 3 N–H and O–H groups in total. The molecule has 0 fully saturated rings. The molecule has 0 amide bonds. The summed E-state index contributed by atoms with van der Waals surface area (Å²) in [6.07, 6.45) is 3.05. The second-order valence-corrected chi connectivity index (χ2v) is 5.83. The van der Waals surface area contributed by atoms with Crippen LogP contribution >= 0.6 is 15.9 Å². The average Bonchev–Trinajstić information content (AvgIpc) is 2.55. The number of hydrogen-bond donors (Lipinski definition) is 3. The van der Waals surface area contributed by atoms with Crippen LogP contribution in [0.5, 0.6) is 0 Å². The molecule has 6 nitrogen and oxygen atoms in total. The molecule has 122 valence electrons. The number of halogens is 2. The van der Waals surface area contributed by atoms with Crippen LogP contribution in [-0.2, 0) is 6.42 Å². The van der Waals surface area contributed by atoms with Crippen LogP contribution in [0.2, 0.25) is 0 Å². The number of carboxylic acid groups (broad SMARTS) is 1. The Morgan fingerprint density at radius 2 is 2.13 bits per heavy atom. The van der Waals surface area contributed by atoms with Gasteiger partial charge in [-0.2, -0.15) is 0 Å². The Bertz CT molecular complexity index is 682. The number of benzene rings is 1. The molecule has 2 aromatic rings. The molecule has 1 atom stereocenters. The van der Waals surface area contributed by atoms with E-state index >= 15 is 0 Å². The first-order chi connectivity index (χ1) is 11.0. The Hall–Kier alpha value is -2.06. The van der Waals surface area contributed by atoms with Crippen molar-refractivity contribution in [3.63, 3.8) is 0 Å². The first-order valence-corrected chi connectivity index (χ1v) is 7.63. The summed E-state index contributed by atoms with van der Waals surface area (Å²) in [4.78, 5) is 18.4. The maximum absolute atomic E-state index is 13.2. The van der Waals surface area contributed by atoms with E-state index in [1.807, 2.05) is 0 Å². The van der Waals surface area contributed by atoms with Gasteiger partial charge in [-0.15, -0.1) is 0 Å². The first kappa shape index (κ1) is 17.3. The van der Waals surface area contributed by atoms with E-state index in [0.717, 1.165) is 11.8 Å². The van der Waals surface area contributed by atoms with Crippen LogP contribution in [0.25, 0.3) is 0 Å². The monoisotopic (exact) mass is 383 g/mol. The largest absolute Gasteiger partial charge is 0.476 e. The third-order valence-electron chi connectivity index (χ3n) is 3.21. The summed E-state index contributed by atoms with van der Waals surface area (Å²) >= 11 is 3.13. The molecule has 0 bridgehead atoms. The third-order valence-corrected chi connectivity index (χ3v) is 3.82. The fourth-order valence-corrected chi connectivity index (χ4v) is 2.41. The molecule has 1 unspecified atom stereocenters. The molecule has 0 spiro atoms.